The van der Waals surface area contributed by atoms with Gasteiger partial charge in [-0.1, -0.05) is 12.1 Å². The lowest BCUT2D eigenvalue weighted by Gasteiger charge is -2.11. The molecule has 0 radical (unpaired) electrons. The van der Waals surface area contributed by atoms with Gasteiger partial charge in [0.1, 0.15) is 5.82 Å². The van der Waals surface area contributed by atoms with Crippen LogP contribution >= 0.6 is 0 Å². The van der Waals surface area contributed by atoms with Crippen molar-refractivity contribution in [1.82, 2.24) is 25.2 Å². The van der Waals surface area contributed by atoms with Crippen LogP contribution < -0.4 is 5.32 Å². The number of halogens is 4. The molecule has 2 aromatic heterocycles. The highest BCUT2D eigenvalue weighted by atomic mass is 19.4. The standard InChI is InChI=1S/C17H15F4N5O2/c1-10(9-26-7-6-13(24-26)17(19,20)21)8-22-15(27)16-23-14(25-28-16)11-2-4-12(18)5-3-11/h2-7,10H,8-9H2,1H3,(H,22,27)/t10-/m0/s1. The van der Waals surface area contributed by atoms with E-state index in [2.05, 4.69) is 20.6 Å². The van der Waals surface area contributed by atoms with Gasteiger partial charge in [0, 0.05) is 24.8 Å². The highest BCUT2D eigenvalue weighted by Gasteiger charge is 2.33. The van der Waals surface area contributed by atoms with Crippen molar-refractivity contribution in [2.75, 3.05) is 6.54 Å². The van der Waals surface area contributed by atoms with Crippen molar-refractivity contribution in [3.8, 4) is 11.4 Å². The van der Waals surface area contributed by atoms with E-state index in [0.29, 0.717) is 5.56 Å². The largest absolute Gasteiger partial charge is 0.435 e. The van der Waals surface area contributed by atoms with Crippen molar-refractivity contribution in [2.24, 2.45) is 5.92 Å². The van der Waals surface area contributed by atoms with Crippen LogP contribution in [-0.4, -0.2) is 32.4 Å². The highest BCUT2D eigenvalue weighted by Crippen LogP contribution is 2.27. The van der Waals surface area contributed by atoms with Gasteiger partial charge in [0.25, 0.3) is 0 Å². The molecular formula is C17H15F4N5O2. The third-order valence-corrected chi connectivity index (χ3v) is 3.76. The molecule has 11 heteroatoms. The molecule has 0 aliphatic heterocycles. The summed E-state index contributed by atoms with van der Waals surface area (Å²) in [6.45, 7) is 2.09. The minimum Gasteiger partial charge on any atom is -0.347 e. The Bertz CT molecular complexity index is 949. The lowest BCUT2D eigenvalue weighted by molar-refractivity contribution is -0.141. The number of hydrogen-bond donors (Lipinski definition) is 1. The SMILES string of the molecule is C[C@@H](CNC(=O)c1nc(-c2ccc(F)cc2)no1)Cn1ccc(C(F)(F)F)n1. The summed E-state index contributed by atoms with van der Waals surface area (Å²) < 4.78 is 56.6. The molecule has 0 fully saturated rings. The highest BCUT2D eigenvalue weighted by molar-refractivity contribution is 5.89. The monoisotopic (exact) mass is 397 g/mol. The molecule has 1 aromatic carbocycles. The zero-order valence-electron chi connectivity index (χ0n) is 14.6. The Morgan fingerprint density at radius 1 is 1.25 bits per heavy atom. The first-order valence-electron chi connectivity index (χ1n) is 8.21. The van der Waals surface area contributed by atoms with Gasteiger partial charge in [-0.25, -0.2) is 4.39 Å². The first kappa shape index (κ1) is 19.5. The smallest absolute Gasteiger partial charge is 0.347 e. The van der Waals surface area contributed by atoms with Gasteiger partial charge in [-0.2, -0.15) is 23.3 Å². The number of nitrogens with one attached hydrogen (secondary N) is 1. The maximum absolute atomic E-state index is 12.9. The van der Waals surface area contributed by atoms with Gasteiger partial charge >= 0.3 is 18.0 Å². The molecule has 3 rings (SSSR count). The third kappa shape index (κ3) is 4.72. The van der Waals surface area contributed by atoms with Gasteiger partial charge in [0.15, 0.2) is 5.69 Å². The normalized spacial score (nSPS) is 12.8. The number of hydrogen-bond acceptors (Lipinski definition) is 5. The summed E-state index contributed by atoms with van der Waals surface area (Å²) in [6.07, 6.45) is -3.27. The molecule has 7 nitrogen and oxygen atoms in total. The molecule has 0 unspecified atom stereocenters. The van der Waals surface area contributed by atoms with E-state index >= 15 is 0 Å². The molecule has 28 heavy (non-hydrogen) atoms. The molecule has 3 aromatic rings. The average Bonchev–Trinajstić information content (AvgIpc) is 3.29. The first-order chi connectivity index (χ1) is 13.2. The van der Waals surface area contributed by atoms with Crippen molar-refractivity contribution in [2.45, 2.75) is 19.6 Å². The second-order valence-corrected chi connectivity index (χ2v) is 6.17. The topological polar surface area (TPSA) is 85.8 Å². The van der Waals surface area contributed by atoms with Crippen molar-refractivity contribution in [1.29, 1.82) is 0 Å². The fourth-order valence-corrected chi connectivity index (χ4v) is 2.37. The predicted molar refractivity (Wildman–Crippen MR) is 88.4 cm³/mol. The van der Waals surface area contributed by atoms with E-state index < -0.39 is 23.6 Å². The number of benzene rings is 1. The molecule has 0 aliphatic carbocycles. The second-order valence-electron chi connectivity index (χ2n) is 6.17. The van der Waals surface area contributed by atoms with E-state index in [1.54, 1.807) is 6.92 Å². The molecule has 0 saturated heterocycles. The van der Waals surface area contributed by atoms with E-state index in [-0.39, 0.29) is 30.7 Å². The minimum absolute atomic E-state index is 0.134. The Hall–Kier alpha value is -3.24. The Morgan fingerprint density at radius 2 is 1.96 bits per heavy atom. The minimum atomic E-state index is -4.50. The number of rotatable bonds is 6. The maximum Gasteiger partial charge on any atom is 0.435 e. The number of carbonyl (C=O) groups is 1. The van der Waals surface area contributed by atoms with Gasteiger partial charge in [-0.05, 0) is 36.2 Å². The molecule has 1 N–H and O–H groups in total. The zero-order chi connectivity index (χ0) is 20.3. The number of alkyl halides is 3. The van der Waals surface area contributed by atoms with Gasteiger partial charge < -0.3 is 9.84 Å². The zero-order valence-corrected chi connectivity index (χ0v) is 14.6. The molecular weight excluding hydrogens is 382 g/mol. The van der Waals surface area contributed by atoms with E-state index in [1.807, 2.05) is 0 Å². The Morgan fingerprint density at radius 3 is 2.61 bits per heavy atom. The third-order valence-electron chi connectivity index (χ3n) is 3.76. The number of amides is 1. The first-order valence-corrected chi connectivity index (χ1v) is 8.21. The van der Waals surface area contributed by atoms with Crippen LogP contribution in [0.3, 0.4) is 0 Å². The van der Waals surface area contributed by atoms with Gasteiger partial charge in [0.2, 0.25) is 5.82 Å². The van der Waals surface area contributed by atoms with Crippen LogP contribution in [0.2, 0.25) is 0 Å². The fourth-order valence-electron chi connectivity index (χ4n) is 2.37. The van der Waals surface area contributed by atoms with Crippen LogP contribution in [-0.2, 0) is 12.7 Å². The number of nitrogens with zero attached hydrogens (tertiary/aromatic N) is 4. The summed E-state index contributed by atoms with van der Waals surface area (Å²) in [5, 5.41) is 9.70. The summed E-state index contributed by atoms with van der Waals surface area (Å²) in [5.41, 5.74) is -0.486. The molecule has 148 valence electrons. The second kappa shape index (κ2) is 7.79. The van der Waals surface area contributed by atoms with E-state index in [1.165, 1.54) is 35.1 Å². The average molecular weight is 397 g/mol. The predicted octanol–water partition coefficient (Wildman–Crippen LogP) is 3.16. The molecule has 0 spiro atoms. The van der Waals surface area contributed by atoms with Crippen LogP contribution in [0.5, 0.6) is 0 Å². The quantitative estimate of drug-likeness (QED) is 0.646. The van der Waals surface area contributed by atoms with Gasteiger partial charge in [0.05, 0.1) is 0 Å². The van der Waals surface area contributed by atoms with Gasteiger partial charge in [-0.15, -0.1) is 0 Å². The van der Waals surface area contributed by atoms with E-state index in [4.69, 9.17) is 4.52 Å². The van der Waals surface area contributed by atoms with E-state index in [9.17, 15) is 22.4 Å². The maximum atomic E-state index is 12.9. The van der Waals surface area contributed by atoms with Crippen LogP contribution in [0.4, 0.5) is 17.6 Å². The fraction of sp³-hybridized carbons (Fsp3) is 0.294. The molecule has 2 heterocycles. The Labute approximate surface area is 156 Å². The molecule has 0 saturated carbocycles. The van der Waals surface area contributed by atoms with Crippen molar-refractivity contribution < 1.29 is 26.9 Å². The Balaban J connectivity index is 1.54. The van der Waals surface area contributed by atoms with Crippen LogP contribution in [0, 0.1) is 11.7 Å². The number of aromatic nitrogens is 4. The van der Waals surface area contributed by atoms with Crippen LogP contribution in [0.25, 0.3) is 11.4 Å². The molecule has 1 atom stereocenters. The molecule has 0 bridgehead atoms. The van der Waals surface area contributed by atoms with Crippen molar-refractivity contribution in [3.05, 3.63) is 53.9 Å². The molecule has 0 aliphatic rings. The van der Waals surface area contributed by atoms with Crippen molar-refractivity contribution in [3.63, 3.8) is 0 Å². The van der Waals surface area contributed by atoms with Gasteiger partial charge in [-0.3, -0.25) is 9.48 Å². The van der Waals surface area contributed by atoms with Crippen LogP contribution in [0.15, 0.2) is 41.1 Å². The molecule has 1 amide bonds. The lowest BCUT2D eigenvalue weighted by Crippen LogP contribution is -2.30. The summed E-state index contributed by atoms with van der Waals surface area (Å²) in [7, 11) is 0. The van der Waals surface area contributed by atoms with Crippen molar-refractivity contribution >= 4 is 5.91 Å². The summed E-state index contributed by atoms with van der Waals surface area (Å²) >= 11 is 0. The summed E-state index contributed by atoms with van der Waals surface area (Å²) in [5.74, 6) is -1.38. The van der Waals surface area contributed by atoms with Crippen LogP contribution in [0.1, 0.15) is 23.3 Å². The number of carbonyl (C=O) groups excluding carboxylic acids is 1. The Kier molecular flexibility index (Phi) is 5.43. The lowest BCUT2D eigenvalue weighted by atomic mass is 10.2. The van der Waals surface area contributed by atoms with E-state index in [0.717, 1.165) is 6.07 Å². The summed E-state index contributed by atoms with van der Waals surface area (Å²) in [4.78, 5) is 16.0. The summed E-state index contributed by atoms with van der Waals surface area (Å²) in [6, 6.07) is 6.24.